The Morgan fingerprint density at radius 2 is 1.76 bits per heavy atom. The highest BCUT2D eigenvalue weighted by atomic mass is 127. The third-order valence-corrected chi connectivity index (χ3v) is 3.68. The number of benzene rings is 2. The summed E-state index contributed by atoms with van der Waals surface area (Å²) in [6.45, 7) is 4.49. The minimum absolute atomic E-state index is 0. The van der Waals surface area contributed by atoms with Crippen LogP contribution in [0.2, 0.25) is 0 Å². The highest BCUT2D eigenvalue weighted by Gasteiger charge is 2.07. The Bertz CT molecular complexity index is 686. The van der Waals surface area contributed by atoms with E-state index < -0.39 is 0 Å². The summed E-state index contributed by atoms with van der Waals surface area (Å²) in [4.78, 5) is 16.3. The van der Waals surface area contributed by atoms with Crippen LogP contribution < -0.4 is 16.4 Å². The van der Waals surface area contributed by atoms with Crippen molar-refractivity contribution in [2.24, 2.45) is 10.7 Å². The predicted molar refractivity (Wildman–Crippen MR) is 114 cm³/mol. The van der Waals surface area contributed by atoms with Crippen molar-refractivity contribution in [2.45, 2.75) is 32.9 Å². The number of para-hydroxylation sites is 1. The van der Waals surface area contributed by atoms with Crippen LogP contribution in [0.15, 0.2) is 59.6 Å². The van der Waals surface area contributed by atoms with Crippen molar-refractivity contribution >= 4 is 41.5 Å². The molecule has 0 spiro atoms. The summed E-state index contributed by atoms with van der Waals surface area (Å²) in [5.74, 6) is 0.310. The Hall–Kier alpha value is -2.09. The van der Waals surface area contributed by atoms with Gasteiger partial charge >= 0.3 is 0 Å². The summed E-state index contributed by atoms with van der Waals surface area (Å²) in [6, 6.07) is 17.2. The number of nitrogens with zero attached hydrogens (tertiary/aromatic N) is 1. The van der Waals surface area contributed by atoms with Gasteiger partial charge in [0.05, 0.1) is 6.54 Å². The van der Waals surface area contributed by atoms with Crippen molar-refractivity contribution in [3.63, 3.8) is 0 Å². The summed E-state index contributed by atoms with van der Waals surface area (Å²) in [6.07, 6.45) is 0.909. The Kier molecular flexibility index (Phi) is 8.98. The summed E-state index contributed by atoms with van der Waals surface area (Å²) in [7, 11) is 0. The van der Waals surface area contributed by atoms with E-state index in [0.29, 0.717) is 18.1 Å². The first kappa shape index (κ1) is 21.0. The molecule has 0 bridgehead atoms. The van der Waals surface area contributed by atoms with Crippen LogP contribution in [0.5, 0.6) is 0 Å². The molecule has 1 amide bonds. The largest absolute Gasteiger partial charge is 0.370 e. The van der Waals surface area contributed by atoms with Gasteiger partial charge in [0.15, 0.2) is 5.96 Å². The van der Waals surface area contributed by atoms with E-state index in [9.17, 15) is 4.79 Å². The zero-order chi connectivity index (χ0) is 17.4. The zero-order valence-corrected chi connectivity index (χ0v) is 16.9. The molecule has 1 unspecified atom stereocenters. The van der Waals surface area contributed by atoms with Crippen LogP contribution in [0.25, 0.3) is 0 Å². The van der Waals surface area contributed by atoms with E-state index in [1.54, 1.807) is 0 Å². The third kappa shape index (κ3) is 7.13. The van der Waals surface area contributed by atoms with Crippen molar-refractivity contribution in [1.82, 2.24) is 5.32 Å². The summed E-state index contributed by atoms with van der Waals surface area (Å²) >= 11 is 0. The number of amides is 1. The molecular formula is C19H25IN4O. The second-order valence-electron chi connectivity index (χ2n) is 5.67. The lowest BCUT2D eigenvalue weighted by Crippen LogP contribution is -2.31. The lowest BCUT2D eigenvalue weighted by molar-refractivity contribution is 0.0939. The standard InChI is InChI=1S/C19H24N4O.HI/c1-3-14(2)22-18(24)16-11-9-15(10-12-16)13-21-19(20)23-17-7-5-4-6-8-17;/h4-12,14H,3,13H2,1-2H3,(H,22,24)(H3,20,21,23);1H. The summed E-state index contributed by atoms with van der Waals surface area (Å²) < 4.78 is 0. The number of rotatable bonds is 6. The van der Waals surface area contributed by atoms with Crippen molar-refractivity contribution < 1.29 is 4.79 Å². The van der Waals surface area contributed by atoms with Crippen LogP contribution in [0.4, 0.5) is 5.69 Å². The first-order valence-corrected chi connectivity index (χ1v) is 8.10. The molecule has 5 nitrogen and oxygen atoms in total. The maximum absolute atomic E-state index is 12.0. The van der Waals surface area contributed by atoms with Gasteiger partial charge in [0.2, 0.25) is 0 Å². The van der Waals surface area contributed by atoms with E-state index in [1.807, 2.05) is 68.4 Å². The molecule has 2 aromatic rings. The van der Waals surface area contributed by atoms with E-state index in [1.165, 1.54) is 0 Å². The van der Waals surface area contributed by atoms with Crippen LogP contribution in [0.3, 0.4) is 0 Å². The molecule has 1 atom stereocenters. The second kappa shape index (κ2) is 10.7. The van der Waals surface area contributed by atoms with Crippen LogP contribution in [0.1, 0.15) is 36.2 Å². The van der Waals surface area contributed by atoms with Gasteiger partial charge in [-0.2, -0.15) is 0 Å². The number of halogens is 1. The number of nitrogens with one attached hydrogen (secondary N) is 2. The monoisotopic (exact) mass is 452 g/mol. The number of anilines is 1. The summed E-state index contributed by atoms with van der Waals surface area (Å²) in [5.41, 5.74) is 8.42. The average Bonchev–Trinajstić information content (AvgIpc) is 2.61. The number of carbonyl (C=O) groups is 1. The first-order valence-electron chi connectivity index (χ1n) is 8.10. The average molecular weight is 452 g/mol. The number of hydrogen-bond donors (Lipinski definition) is 3. The molecule has 0 aliphatic carbocycles. The maximum atomic E-state index is 12.0. The Labute approximate surface area is 166 Å². The SMILES string of the molecule is CCC(C)NC(=O)c1ccc(CN=C(N)Nc2ccccc2)cc1.I. The molecule has 6 heteroatoms. The molecule has 0 saturated heterocycles. The maximum Gasteiger partial charge on any atom is 0.251 e. The third-order valence-electron chi connectivity index (χ3n) is 3.68. The van der Waals surface area contributed by atoms with E-state index in [-0.39, 0.29) is 35.9 Å². The summed E-state index contributed by atoms with van der Waals surface area (Å²) in [5, 5.41) is 5.98. The van der Waals surface area contributed by atoms with Crippen LogP contribution in [0, 0.1) is 0 Å². The van der Waals surface area contributed by atoms with E-state index in [2.05, 4.69) is 15.6 Å². The highest BCUT2D eigenvalue weighted by molar-refractivity contribution is 14.0. The smallest absolute Gasteiger partial charge is 0.251 e. The quantitative estimate of drug-likeness (QED) is 0.355. The highest BCUT2D eigenvalue weighted by Crippen LogP contribution is 2.08. The fraction of sp³-hybridized carbons (Fsp3) is 0.263. The normalized spacial score (nSPS) is 12.0. The van der Waals surface area contributed by atoms with Gasteiger partial charge in [-0.1, -0.05) is 37.3 Å². The second-order valence-corrected chi connectivity index (χ2v) is 5.67. The molecule has 134 valence electrons. The number of aliphatic imine (C=N–C) groups is 1. The number of carbonyl (C=O) groups excluding carboxylic acids is 1. The van der Waals surface area contributed by atoms with Crippen LogP contribution >= 0.6 is 24.0 Å². The van der Waals surface area contributed by atoms with Gasteiger partial charge < -0.3 is 16.4 Å². The molecule has 0 radical (unpaired) electrons. The topological polar surface area (TPSA) is 79.5 Å². The van der Waals surface area contributed by atoms with E-state index >= 15 is 0 Å². The predicted octanol–water partition coefficient (Wildman–Crippen LogP) is 3.76. The Morgan fingerprint density at radius 3 is 2.36 bits per heavy atom. The van der Waals surface area contributed by atoms with Crippen LogP contribution in [-0.4, -0.2) is 17.9 Å². The Morgan fingerprint density at radius 1 is 1.12 bits per heavy atom. The number of hydrogen-bond acceptors (Lipinski definition) is 2. The Balaban J connectivity index is 0.00000312. The molecule has 0 aliphatic rings. The number of nitrogens with two attached hydrogens (primary N) is 1. The minimum atomic E-state index is -0.0512. The van der Waals surface area contributed by atoms with Gasteiger partial charge in [0, 0.05) is 17.3 Å². The van der Waals surface area contributed by atoms with Gasteiger partial charge in [-0.15, -0.1) is 24.0 Å². The molecule has 0 saturated carbocycles. The van der Waals surface area contributed by atoms with Crippen molar-refractivity contribution in [2.75, 3.05) is 5.32 Å². The first-order chi connectivity index (χ1) is 11.6. The number of guanidine groups is 1. The van der Waals surface area contributed by atoms with Gasteiger partial charge in [0.1, 0.15) is 0 Å². The molecule has 0 aliphatic heterocycles. The van der Waals surface area contributed by atoms with Gasteiger partial charge in [-0.25, -0.2) is 4.99 Å². The molecule has 0 fully saturated rings. The fourth-order valence-electron chi connectivity index (χ4n) is 2.06. The zero-order valence-electron chi connectivity index (χ0n) is 14.5. The molecule has 0 heterocycles. The van der Waals surface area contributed by atoms with Gasteiger partial charge in [0.25, 0.3) is 5.91 Å². The molecule has 4 N–H and O–H groups in total. The van der Waals surface area contributed by atoms with Crippen molar-refractivity contribution in [3.8, 4) is 0 Å². The van der Waals surface area contributed by atoms with Crippen LogP contribution in [-0.2, 0) is 6.54 Å². The molecule has 25 heavy (non-hydrogen) atoms. The van der Waals surface area contributed by atoms with Gasteiger partial charge in [-0.05, 0) is 43.2 Å². The molecule has 0 aromatic heterocycles. The lowest BCUT2D eigenvalue weighted by atomic mass is 10.1. The molecule has 2 rings (SSSR count). The van der Waals surface area contributed by atoms with Crippen molar-refractivity contribution in [1.29, 1.82) is 0 Å². The molecule has 2 aromatic carbocycles. The lowest BCUT2D eigenvalue weighted by Gasteiger charge is -2.11. The molecular weight excluding hydrogens is 427 g/mol. The fourth-order valence-corrected chi connectivity index (χ4v) is 2.06. The van der Waals surface area contributed by atoms with E-state index in [4.69, 9.17) is 5.73 Å². The minimum Gasteiger partial charge on any atom is -0.370 e. The van der Waals surface area contributed by atoms with Gasteiger partial charge in [-0.3, -0.25) is 4.79 Å². The van der Waals surface area contributed by atoms with E-state index in [0.717, 1.165) is 17.7 Å². The van der Waals surface area contributed by atoms with Crippen molar-refractivity contribution in [3.05, 3.63) is 65.7 Å².